The lowest BCUT2D eigenvalue weighted by Gasteiger charge is -2.59. The van der Waals surface area contributed by atoms with Crippen LogP contribution >= 0.6 is 0 Å². The number of aromatic nitrogens is 1. The van der Waals surface area contributed by atoms with Crippen molar-refractivity contribution in [1.82, 2.24) is 9.88 Å². The number of carbonyl (C=O) groups excluding carboxylic acids is 1. The Bertz CT molecular complexity index is 987. The van der Waals surface area contributed by atoms with Gasteiger partial charge in [0, 0.05) is 35.6 Å². The molecule has 3 atom stereocenters. The number of nitrogens with one attached hydrogen (secondary N) is 1. The fourth-order valence-corrected chi connectivity index (χ4v) is 6.35. The number of nitriles is 1. The number of piperidine rings is 2. The Hall–Kier alpha value is -2.35. The number of carbonyl (C=O) groups is 1. The summed E-state index contributed by atoms with van der Waals surface area (Å²) in [5.41, 5.74) is 2.08. The lowest BCUT2D eigenvalue weighted by atomic mass is 9.56. The van der Waals surface area contributed by atoms with Crippen molar-refractivity contribution in [2.24, 2.45) is 11.3 Å². The fraction of sp³-hybridized carbons (Fsp3) is 0.565. The molecule has 1 aromatic heterocycles. The Morgan fingerprint density at radius 2 is 2.07 bits per heavy atom. The first-order valence-electron chi connectivity index (χ1n) is 10.4. The van der Waals surface area contributed by atoms with E-state index < -0.39 is 0 Å². The Morgan fingerprint density at radius 1 is 1.36 bits per heavy atom. The van der Waals surface area contributed by atoms with E-state index in [1.54, 1.807) is 13.0 Å². The molecule has 4 bridgehead atoms. The number of aromatic amines is 1. The number of hydrogen-bond acceptors (Lipinski definition) is 2. The van der Waals surface area contributed by atoms with Crippen LogP contribution in [-0.2, 0) is 4.79 Å². The number of amides is 1. The Morgan fingerprint density at radius 3 is 2.75 bits per heavy atom. The summed E-state index contributed by atoms with van der Waals surface area (Å²) in [6.45, 7) is 3.78. The molecule has 5 heteroatoms. The monoisotopic (exact) mass is 379 g/mol. The number of nitrogens with zero attached hydrogens (tertiary/aromatic N) is 2. The third-order valence-electron chi connectivity index (χ3n) is 7.47. The summed E-state index contributed by atoms with van der Waals surface area (Å²) in [6, 6.07) is 6.68. The molecular formula is C23H26FN3O. The van der Waals surface area contributed by atoms with Crippen molar-refractivity contribution < 1.29 is 9.18 Å². The van der Waals surface area contributed by atoms with E-state index in [0.717, 1.165) is 43.2 Å². The minimum Gasteiger partial charge on any atom is -0.361 e. The molecule has 4 nitrogen and oxygen atoms in total. The van der Waals surface area contributed by atoms with Crippen LogP contribution in [0.5, 0.6) is 0 Å². The Labute approximate surface area is 164 Å². The van der Waals surface area contributed by atoms with Crippen molar-refractivity contribution >= 4 is 16.8 Å². The van der Waals surface area contributed by atoms with Crippen LogP contribution in [0.25, 0.3) is 10.9 Å². The molecule has 6 rings (SSSR count). The summed E-state index contributed by atoms with van der Waals surface area (Å²) in [4.78, 5) is 18.5. The number of rotatable bonds is 3. The minimum atomic E-state index is -0.198. The van der Waals surface area contributed by atoms with Gasteiger partial charge in [0.1, 0.15) is 5.82 Å². The molecule has 0 spiro atoms. The van der Waals surface area contributed by atoms with E-state index in [0.29, 0.717) is 23.3 Å². The molecule has 1 N–H and O–H groups in total. The molecule has 2 saturated carbocycles. The number of halogens is 1. The summed E-state index contributed by atoms with van der Waals surface area (Å²) < 4.78 is 14.7. The third-order valence-corrected chi connectivity index (χ3v) is 7.47. The maximum atomic E-state index is 14.7. The lowest BCUT2D eigenvalue weighted by molar-refractivity contribution is -0.153. The SMILES string of the molecule is Cc1ccc2[nH]cc(C(C)CC(=O)N3C4CC5CC3CC(C#N)(C5)C4)c2c1F. The van der Waals surface area contributed by atoms with Crippen LogP contribution in [0.3, 0.4) is 0 Å². The maximum Gasteiger partial charge on any atom is 0.223 e. The van der Waals surface area contributed by atoms with Gasteiger partial charge >= 0.3 is 0 Å². The van der Waals surface area contributed by atoms with Gasteiger partial charge in [0.2, 0.25) is 5.91 Å². The lowest BCUT2D eigenvalue weighted by Crippen LogP contribution is -2.63. The zero-order valence-electron chi connectivity index (χ0n) is 16.5. The van der Waals surface area contributed by atoms with Crippen molar-refractivity contribution in [3.8, 4) is 6.07 Å². The van der Waals surface area contributed by atoms with Crippen molar-refractivity contribution in [2.45, 2.75) is 70.4 Å². The maximum absolute atomic E-state index is 14.7. The normalized spacial score (nSPS) is 31.9. The molecule has 146 valence electrons. The Kier molecular flexibility index (Phi) is 3.84. The van der Waals surface area contributed by atoms with Gasteiger partial charge in [-0.25, -0.2) is 4.39 Å². The van der Waals surface area contributed by atoms with Crippen LogP contribution in [0.15, 0.2) is 18.3 Å². The highest BCUT2D eigenvalue weighted by Crippen LogP contribution is 2.56. The average molecular weight is 379 g/mol. The number of hydrogen-bond donors (Lipinski definition) is 1. The van der Waals surface area contributed by atoms with E-state index in [1.165, 1.54) is 0 Å². The van der Waals surface area contributed by atoms with E-state index in [-0.39, 0.29) is 35.1 Å². The quantitative estimate of drug-likeness (QED) is 0.833. The van der Waals surface area contributed by atoms with Crippen LogP contribution in [0, 0.1) is 35.4 Å². The fourth-order valence-electron chi connectivity index (χ4n) is 6.35. The second-order valence-corrected chi connectivity index (χ2v) is 9.42. The van der Waals surface area contributed by atoms with Crippen molar-refractivity contribution in [3.05, 3.63) is 35.3 Å². The van der Waals surface area contributed by atoms with Gasteiger partial charge in [-0.1, -0.05) is 13.0 Å². The first kappa shape index (κ1) is 17.7. The van der Waals surface area contributed by atoms with Crippen LogP contribution in [-0.4, -0.2) is 27.9 Å². The third kappa shape index (κ3) is 2.50. The molecule has 0 radical (unpaired) electrons. The molecule has 1 amide bonds. The van der Waals surface area contributed by atoms with Gasteiger partial charge in [-0.15, -0.1) is 0 Å². The van der Waals surface area contributed by atoms with Gasteiger partial charge in [-0.3, -0.25) is 4.79 Å². The topological polar surface area (TPSA) is 59.9 Å². The number of aryl methyl sites for hydroxylation is 1. The van der Waals surface area contributed by atoms with Gasteiger partial charge in [0.05, 0.1) is 11.5 Å². The largest absolute Gasteiger partial charge is 0.361 e. The summed E-state index contributed by atoms with van der Waals surface area (Å²) >= 11 is 0. The second-order valence-electron chi connectivity index (χ2n) is 9.42. The van der Waals surface area contributed by atoms with Crippen LogP contribution in [0.4, 0.5) is 4.39 Å². The molecule has 2 aliphatic heterocycles. The standard InChI is InChI=1S/C23H26FN3O/c1-13-3-4-19-21(22(13)24)18(11-26-19)14(2)5-20(28)27-16-6-15-7-17(27)10-23(8-15,9-16)12-25/h3-4,11,14-17,26H,5-10H2,1-2H3. The van der Waals surface area contributed by atoms with Gasteiger partial charge in [0.25, 0.3) is 0 Å². The molecule has 3 unspecified atom stereocenters. The predicted octanol–water partition coefficient (Wildman–Crippen LogP) is 4.79. The number of fused-ring (bicyclic) bond motifs is 1. The highest BCUT2D eigenvalue weighted by Gasteiger charge is 2.55. The van der Waals surface area contributed by atoms with Crippen molar-refractivity contribution in [2.75, 3.05) is 0 Å². The zero-order chi connectivity index (χ0) is 19.6. The molecule has 4 fully saturated rings. The Balaban J connectivity index is 1.38. The van der Waals surface area contributed by atoms with Crippen molar-refractivity contribution in [1.29, 1.82) is 5.26 Å². The van der Waals surface area contributed by atoms with Crippen LogP contribution in [0.2, 0.25) is 0 Å². The van der Waals surface area contributed by atoms with E-state index in [9.17, 15) is 14.4 Å². The highest BCUT2D eigenvalue weighted by atomic mass is 19.1. The van der Waals surface area contributed by atoms with Gasteiger partial charge in [-0.05, 0) is 68.1 Å². The van der Waals surface area contributed by atoms with Gasteiger partial charge in [0.15, 0.2) is 0 Å². The van der Waals surface area contributed by atoms with Gasteiger partial charge in [-0.2, -0.15) is 5.26 Å². The molecular weight excluding hydrogens is 353 g/mol. The predicted molar refractivity (Wildman–Crippen MR) is 105 cm³/mol. The zero-order valence-corrected chi connectivity index (χ0v) is 16.5. The molecule has 2 aromatic rings. The molecule has 28 heavy (non-hydrogen) atoms. The van der Waals surface area contributed by atoms with Crippen LogP contribution < -0.4 is 0 Å². The molecule has 2 saturated heterocycles. The highest BCUT2D eigenvalue weighted by molar-refractivity contribution is 5.86. The summed E-state index contributed by atoms with van der Waals surface area (Å²) in [5.74, 6) is 0.514. The van der Waals surface area contributed by atoms with Crippen molar-refractivity contribution in [3.63, 3.8) is 0 Å². The molecule has 3 heterocycles. The van der Waals surface area contributed by atoms with Crippen LogP contribution in [0.1, 0.15) is 62.5 Å². The minimum absolute atomic E-state index is 0.0559. The van der Waals surface area contributed by atoms with E-state index in [4.69, 9.17) is 0 Å². The second kappa shape index (κ2) is 6.07. The van der Waals surface area contributed by atoms with E-state index in [1.807, 2.05) is 19.2 Å². The first-order chi connectivity index (χ1) is 13.4. The molecule has 2 aliphatic carbocycles. The number of H-pyrrole nitrogens is 1. The first-order valence-corrected chi connectivity index (χ1v) is 10.4. The summed E-state index contributed by atoms with van der Waals surface area (Å²) in [6.07, 6.45) is 7.00. The molecule has 4 aliphatic rings. The average Bonchev–Trinajstić information content (AvgIpc) is 3.09. The smallest absolute Gasteiger partial charge is 0.223 e. The van der Waals surface area contributed by atoms with E-state index >= 15 is 0 Å². The van der Waals surface area contributed by atoms with Gasteiger partial charge < -0.3 is 9.88 Å². The number of benzene rings is 1. The summed E-state index contributed by atoms with van der Waals surface area (Å²) in [5, 5.41) is 10.3. The summed E-state index contributed by atoms with van der Waals surface area (Å²) in [7, 11) is 0. The molecule has 1 aromatic carbocycles. The van der Waals surface area contributed by atoms with E-state index in [2.05, 4.69) is 16.0 Å².